The van der Waals surface area contributed by atoms with Crippen molar-refractivity contribution < 1.29 is 28.6 Å². The van der Waals surface area contributed by atoms with Crippen molar-refractivity contribution in [2.45, 2.75) is 103 Å². The molecule has 0 radical (unpaired) electrons. The minimum absolute atomic E-state index is 0.0119. The Labute approximate surface area is 206 Å². The summed E-state index contributed by atoms with van der Waals surface area (Å²) in [4.78, 5) is 35.5. The van der Waals surface area contributed by atoms with Crippen LogP contribution in [0, 0.1) is 28.6 Å². The number of ether oxygens (including phenoxy) is 2. The summed E-state index contributed by atoms with van der Waals surface area (Å²) >= 11 is 0. The highest BCUT2D eigenvalue weighted by molar-refractivity contribution is 5.66. The molecule has 0 spiro atoms. The molecule has 4 saturated carbocycles. The number of carbonyl (C=O) groups is 2. The highest BCUT2D eigenvalue weighted by Crippen LogP contribution is 2.71. The van der Waals surface area contributed by atoms with Gasteiger partial charge in [-0.3, -0.25) is 9.59 Å². The molecule has 7 nitrogen and oxygen atoms in total. The van der Waals surface area contributed by atoms with Gasteiger partial charge >= 0.3 is 17.6 Å². The summed E-state index contributed by atoms with van der Waals surface area (Å²) in [7, 11) is 0. The van der Waals surface area contributed by atoms with E-state index in [2.05, 4.69) is 13.8 Å². The van der Waals surface area contributed by atoms with Gasteiger partial charge in [0.05, 0.1) is 11.9 Å². The van der Waals surface area contributed by atoms with Crippen LogP contribution in [0.2, 0.25) is 0 Å². The number of aliphatic hydroxyl groups is 1. The van der Waals surface area contributed by atoms with E-state index >= 15 is 0 Å². The average molecular weight is 487 g/mol. The molecule has 1 heterocycles. The van der Waals surface area contributed by atoms with E-state index in [0.717, 1.165) is 44.1 Å². The first-order valence-electron chi connectivity index (χ1n) is 13.1. The molecule has 0 saturated heterocycles. The third kappa shape index (κ3) is 3.76. The van der Waals surface area contributed by atoms with Gasteiger partial charge in [0.1, 0.15) is 12.2 Å². The van der Waals surface area contributed by atoms with Crippen molar-refractivity contribution in [3.63, 3.8) is 0 Å². The van der Waals surface area contributed by atoms with E-state index in [9.17, 15) is 19.5 Å². The van der Waals surface area contributed by atoms with E-state index in [-0.39, 0.29) is 52.9 Å². The zero-order chi connectivity index (χ0) is 25.2. The Hall–Kier alpha value is -2.15. The first-order chi connectivity index (χ1) is 16.5. The van der Waals surface area contributed by atoms with Crippen molar-refractivity contribution in [2.75, 3.05) is 0 Å². The van der Waals surface area contributed by atoms with Crippen molar-refractivity contribution in [3.05, 3.63) is 34.4 Å². The standard InChI is InChI=1S/C28H38O7/c1-16(29)34-20-9-11-26(3)19(13-20)6-7-22-25(26)23(35-17(2)30)14-27(4)21(10-12-28(22,27)32)18-5-8-24(31)33-15-18/h5,8,15,19-23,25,32H,6-7,9-14H2,1-4H3/t19-,20+,21-,22+,23-,25-,26+,27-,28+/m1/s1. The van der Waals surface area contributed by atoms with Crippen molar-refractivity contribution in [2.24, 2.45) is 28.6 Å². The topological polar surface area (TPSA) is 103 Å². The van der Waals surface area contributed by atoms with Crippen LogP contribution in [0.25, 0.3) is 0 Å². The number of hydrogen-bond donors (Lipinski definition) is 1. The average Bonchev–Trinajstić information content (AvgIpc) is 3.05. The molecule has 5 rings (SSSR count). The van der Waals surface area contributed by atoms with Crippen molar-refractivity contribution in [3.8, 4) is 0 Å². The predicted molar refractivity (Wildman–Crippen MR) is 127 cm³/mol. The maximum atomic E-state index is 12.5. The second-order valence-corrected chi connectivity index (χ2v) is 12.1. The third-order valence-electron chi connectivity index (χ3n) is 10.5. The zero-order valence-corrected chi connectivity index (χ0v) is 21.2. The Morgan fingerprint density at radius 2 is 1.77 bits per heavy atom. The molecule has 1 N–H and O–H groups in total. The first kappa shape index (κ1) is 24.5. The summed E-state index contributed by atoms with van der Waals surface area (Å²) in [5.74, 6) is -0.0923. The summed E-state index contributed by atoms with van der Waals surface area (Å²) in [6.07, 6.45) is 7.56. The van der Waals surface area contributed by atoms with E-state index in [1.807, 2.05) is 6.07 Å². The third-order valence-corrected chi connectivity index (χ3v) is 10.5. The maximum Gasteiger partial charge on any atom is 0.335 e. The molecule has 35 heavy (non-hydrogen) atoms. The van der Waals surface area contributed by atoms with Crippen LogP contribution in [0.4, 0.5) is 0 Å². The molecule has 0 aromatic carbocycles. The maximum absolute atomic E-state index is 12.5. The van der Waals surface area contributed by atoms with Gasteiger partial charge in [0.2, 0.25) is 0 Å². The molecule has 0 unspecified atom stereocenters. The highest BCUT2D eigenvalue weighted by atomic mass is 16.5. The monoisotopic (exact) mass is 486 g/mol. The molecule has 7 heteroatoms. The van der Waals surface area contributed by atoms with Gasteiger partial charge in [-0.1, -0.05) is 13.8 Å². The molecule has 4 aliphatic rings. The lowest BCUT2D eigenvalue weighted by Crippen LogP contribution is -2.66. The summed E-state index contributed by atoms with van der Waals surface area (Å²) < 4.78 is 16.9. The van der Waals surface area contributed by atoms with Crippen LogP contribution in [0.15, 0.2) is 27.6 Å². The minimum atomic E-state index is -0.893. The van der Waals surface area contributed by atoms with Crippen LogP contribution >= 0.6 is 0 Å². The lowest BCUT2D eigenvalue weighted by molar-refractivity contribution is -0.246. The van der Waals surface area contributed by atoms with Gasteiger partial charge in [0, 0.05) is 31.2 Å². The van der Waals surface area contributed by atoms with Gasteiger partial charge < -0.3 is 19.0 Å². The van der Waals surface area contributed by atoms with Crippen molar-refractivity contribution in [1.29, 1.82) is 0 Å². The summed E-state index contributed by atoms with van der Waals surface area (Å²) in [6, 6.07) is 3.26. The van der Waals surface area contributed by atoms with Crippen LogP contribution in [-0.2, 0) is 19.1 Å². The second-order valence-electron chi connectivity index (χ2n) is 12.1. The number of esters is 2. The van der Waals surface area contributed by atoms with Crippen molar-refractivity contribution >= 4 is 11.9 Å². The van der Waals surface area contributed by atoms with E-state index in [0.29, 0.717) is 18.8 Å². The quantitative estimate of drug-likeness (QED) is 0.634. The zero-order valence-electron chi connectivity index (χ0n) is 21.2. The van der Waals surface area contributed by atoms with E-state index < -0.39 is 11.0 Å². The Kier molecular flexibility index (Phi) is 5.93. The number of hydrogen-bond acceptors (Lipinski definition) is 7. The molecule has 4 fully saturated rings. The Morgan fingerprint density at radius 1 is 1.03 bits per heavy atom. The van der Waals surface area contributed by atoms with E-state index in [4.69, 9.17) is 13.9 Å². The van der Waals surface area contributed by atoms with Gasteiger partial charge in [-0.15, -0.1) is 0 Å². The largest absolute Gasteiger partial charge is 0.463 e. The van der Waals surface area contributed by atoms with Crippen LogP contribution in [0.3, 0.4) is 0 Å². The predicted octanol–water partition coefficient (Wildman–Crippen LogP) is 4.35. The molecular formula is C28H38O7. The molecule has 0 amide bonds. The Bertz CT molecular complexity index is 1040. The molecule has 1 aromatic rings. The smallest absolute Gasteiger partial charge is 0.335 e. The molecule has 192 valence electrons. The minimum Gasteiger partial charge on any atom is -0.463 e. The van der Waals surface area contributed by atoms with Crippen LogP contribution in [0.5, 0.6) is 0 Å². The van der Waals surface area contributed by atoms with Gasteiger partial charge in [0.25, 0.3) is 0 Å². The van der Waals surface area contributed by atoms with Crippen LogP contribution < -0.4 is 5.63 Å². The molecule has 0 bridgehead atoms. The normalized spacial score (nSPS) is 44.5. The van der Waals surface area contributed by atoms with Crippen LogP contribution in [-0.4, -0.2) is 34.9 Å². The second kappa shape index (κ2) is 8.46. The Balaban J connectivity index is 1.52. The first-order valence-corrected chi connectivity index (χ1v) is 13.1. The number of fused-ring (bicyclic) bond motifs is 5. The summed E-state index contributed by atoms with van der Waals surface area (Å²) in [6.45, 7) is 7.37. The van der Waals surface area contributed by atoms with Crippen molar-refractivity contribution in [1.82, 2.24) is 0 Å². The summed E-state index contributed by atoms with van der Waals surface area (Å²) in [5.41, 5.74) is -0.967. The van der Waals surface area contributed by atoms with Gasteiger partial charge in [-0.2, -0.15) is 0 Å². The van der Waals surface area contributed by atoms with E-state index in [1.54, 1.807) is 0 Å². The van der Waals surface area contributed by atoms with Crippen LogP contribution in [0.1, 0.15) is 90.5 Å². The van der Waals surface area contributed by atoms with Gasteiger partial charge in [0.15, 0.2) is 0 Å². The number of rotatable bonds is 3. The SMILES string of the molecule is CC(=O)O[C@H]1CC[C@@]2(C)[C@H](CC[C@H]3[C@@H]2[C@H](OC(C)=O)C[C@]2(C)[C@@H](c4ccc(=O)oc4)CC[C@]32O)C1. The molecular weight excluding hydrogens is 448 g/mol. The fourth-order valence-electron chi connectivity index (χ4n) is 9.02. The molecule has 0 aliphatic heterocycles. The fraction of sp³-hybridized carbons (Fsp3) is 0.750. The highest BCUT2D eigenvalue weighted by Gasteiger charge is 2.70. The van der Waals surface area contributed by atoms with E-state index in [1.165, 1.54) is 26.2 Å². The number of carbonyl (C=O) groups excluding carboxylic acids is 2. The lowest BCUT2D eigenvalue weighted by Gasteiger charge is -2.65. The van der Waals surface area contributed by atoms with Gasteiger partial charge in [-0.25, -0.2) is 4.79 Å². The van der Waals surface area contributed by atoms with Gasteiger partial charge in [-0.05, 0) is 86.2 Å². The summed E-state index contributed by atoms with van der Waals surface area (Å²) in [5, 5.41) is 12.5. The lowest BCUT2D eigenvalue weighted by atomic mass is 9.42. The fourth-order valence-corrected chi connectivity index (χ4v) is 9.02. The molecule has 9 atom stereocenters. The molecule has 1 aromatic heterocycles. The molecule has 4 aliphatic carbocycles. The Morgan fingerprint density at radius 3 is 2.43 bits per heavy atom.